The van der Waals surface area contributed by atoms with E-state index in [0.29, 0.717) is 24.5 Å². The fourth-order valence-electron chi connectivity index (χ4n) is 7.01. The molecule has 2 bridgehead atoms. The summed E-state index contributed by atoms with van der Waals surface area (Å²) in [5.41, 5.74) is 6.56. The van der Waals surface area contributed by atoms with Gasteiger partial charge in [0.15, 0.2) is 0 Å². The third-order valence-corrected chi connectivity index (χ3v) is 11.4. The topological polar surface area (TPSA) is 142 Å². The summed E-state index contributed by atoms with van der Waals surface area (Å²) in [6.07, 6.45) is 3.29. The van der Waals surface area contributed by atoms with E-state index < -0.39 is 27.9 Å². The van der Waals surface area contributed by atoms with Gasteiger partial charge in [-0.15, -0.1) is 11.3 Å². The number of primary amides is 1. The van der Waals surface area contributed by atoms with Gasteiger partial charge in [-0.2, -0.15) is 4.31 Å². The quantitative estimate of drug-likeness (QED) is 0.470. The molecule has 3 heterocycles. The molecule has 1 aromatic heterocycles. The molecule has 4 N–H and O–H groups in total. The summed E-state index contributed by atoms with van der Waals surface area (Å²) in [4.78, 5) is 40.8. The second-order valence-electron chi connectivity index (χ2n) is 12.4. The molecule has 0 radical (unpaired) electrons. The number of thiophene rings is 1. The van der Waals surface area contributed by atoms with E-state index in [-0.39, 0.29) is 32.9 Å². The normalized spacial score (nSPS) is 24.4. The van der Waals surface area contributed by atoms with E-state index in [9.17, 15) is 22.8 Å². The van der Waals surface area contributed by atoms with Gasteiger partial charge in [0, 0.05) is 36.1 Å². The van der Waals surface area contributed by atoms with Gasteiger partial charge in [0.1, 0.15) is 5.00 Å². The summed E-state index contributed by atoms with van der Waals surface area (Å²) in [5.74, 6) is -1.13. The van der Waals surface area contributed by atoms with Crippen molar-refractivity contribution in [1.29, 1.82) is 0 Å². The van der Waals surface area contributed by atoms with Gasteiger partial charge in [-0.25, -0.2) is 13.2 Å². The summed E-state index contributed by atoms with van der Waals surface area (Å²) in [6.45, 7) is 11.4. The Kier molecular flexibility index (Phi) is 7.35. The van der Waals surface area contributed by atoms with Crippen LogP contribution in [0.4, 0.5) is 9.80 Å². The lowest BCUT2D eigenvalue weighted by Gasteiger charge is -2.39. The number of rotatable bonds is 6. The number of imide groups is 1. The van der Waals surface area contributed by atoms with E-state index in [0.717, 1.165) is 42.8 Å². The Labute approximate surface area is 239 Å². The van der Waals surface area contributed by atoms with Crippen LogP contribution in [0.25, 0.3) is 0 Å². The zero-order chi connectivity index (χ0) is 29.0. The maximum absolute atomic E-state index is 13.6. The molecule has 2 aromatic rings. The number of anilines is 1. The van der Waals surface area contributed by atoms with Crippen LogP contribution >= 0.6 is 11.3 Å². The summed E-state index contributed by atoms with van der Waals surface area (Å²) in [6, 6.07) is 4.93. The Balaban J connectivity index is 1.37. The Hall–Kier alpha value is -2.80. The second-order valence-corrected chi connectivity index (χ2v) is 15.4. The summed E-state index contributed by atoms with van der Waals surface area (Å²) in [5, 5.41) is 5.27. The number of benzene rings is 1. The highest BCUT2D eigenvalue weighted by Gasteiger charge is 2.53. The van der Waals surface area contributed by atoms with Crippen LogP contribution in [-0.4, -0.2) is 61.1 Å². The van der Waals surface area contributed by atoms with Crippen molar-refractivity contribution in [2.24, 2.45) is 16.6 Å². The van der Waals surface area contributed by atoms with E-state index in [2.05, 4.69) is 43.2 Å². The van der Waals surface area contributed by atoms with E-state index in [1.807, 2.05) is 0 Å². The minimum absolute atomic E-state index is 0.0276. The first kappa shape index (κ1) is 28.7. The molecule has 2 aliphatic heterocycles. The average Bonchev–Trinajstić information content (AvgIpc) is 3.35. The molecule has 4 amide bonds. The third kappa shape index (κ3) is 5.41. The molecule has 2 unspecified atom stereocenters. The third-order valence-electron chi connectivity index (χ3n) is 8.36. The molecular weight excluding hydrogens is 550 g/mol. The van der Waals surface area contributed by atoms with Crippen LogP contribution in [0.3, 0.4) is 0 Å². The fraction of sp³-hybridized carbons (Fsp3) is 0.536. The molecule has 216 valence electrons. The van der Waals surface area contributed by atoms with Crippen molar-refractivity contribution in [2.45, 2.75) is 70.9 Å². The van der Waals surface area contributed by atoms with E-state index in [1.54, 1.807) is 4.31 Å². The number of hydrogen-bond donors (Lipinski definition) is 3. The van der Waals surface area contributed by atoms with Gasteiger partial charge in [-0.05, 0) is 72.9 Å². The molecule has 10 nitrogen and oxygen atoms in total. The van der Waals surface area contributed by atoms with Crippen LogP contribution in [-0.2, 0) is 23.0 Å². The predicted octanol–water partition coefficient (Wildman–Crippen LogP) is 3.78. The number of nitrogens with zero attached hydrogens (tertiary/aromatic N) is 2. The average molecular weight is 588 g/mol. The van der Waals surface area contributed by atoms with Crippen LogP contribution in [0.2, 0.25) is 0 Å². The minimum atomic E-state index is -3.72. The fourth-order valence-corrected chi connectivity index (χ4v) is 10.1. The van der Waals surface area contributed by atoms with Gasteiger partial charge in [0.25, 0.3) is 11.8 Å². The maximum Gasteiger partial charge on any atom is 0.319 e. The molecule has 3 aliphatic rings. The van der Waals surface area contributed by atoms with E-state index >= 15 is 0 Å². The standard InChI is InChI=1S/C28H37N5O5S2/c1-5-32-11-10-20-21(14-32)39-25(22(20)24(35)31-26(29)36)30-23(34)17-6-8-19(9-7-17)40(37,38)33-16-28(4)13-18(33)12-27(2,3)15-28/h6-9,18H,5,10-16H2,1-4H3,(H,30,34)(H3,29,31,35,36). The summed E-state index contributed by atoms with van der Waals surface area (Å²) < 4.78 is 28.9. The van der Waals surface area contributed by atoms with Crippen molar-refractivity contribution in [3.05, 3.63) is 45.8 Å². The highest BCUT2D eigenvalue weighted by molar-refractivity contribution is 7.89. The smallest absolute Gasteiger partial charge is 0.319 e. The lowest BCUT2D eigenvalue weighted by atomic mass is 9.65. The first-order chi connectivity index (χ1) is 18.7. The monoisotopic (exact) mass is 587 g/mol. The maximum atomic E-state index is 13.6. The Bertz CT molecular complexity index is 1470. The molecule has 1 aliphatic carbocycles. The van der Waals surface area contributed by atoms with Gasteiger partial charge >= 0.3 is 6.03 Å². The van der Waals surface area contributed by atoms with E-state index in [1.165, 1.54) is 35.6 Å². The number of hydrogen-bond acceptors (Lipinski definition) is 7. The molecule has 2 atom stereocenters. The number of nitrogens with two attached hydrogens (primary N) is 1. The Morgan fingerprint density at radius 1 is 1.10 bits per heavy atom. The molecule has 0 spiro atoms. The molecular formula is C28H37N5O5S2. The van der Waals surface area contributed by atoms with Crippen molar-refractivity contribution >= 4 is 44.2 Å². The van der Waals surface area contributed by atoms with Crippen LogP contribution in [0.5, 0.6) is 0 Å². The molecule has 5 rings (SSSR count). The van der Waals surface area contributed by atoms with Crippen molar-refractivity contribution in [1.82, 2.24) is 14.5 Å². The Morgan fingerprint density at radius 3 is 2.45 bits per heavy atom. The number of urea groups is 1. The zero-order valence-corrected chi connectivity index (χ0v) is 25.0. The van der Waals surface area contributed by atoms with Crippen molar-refractivity contribution in [3.8, 4) is 0 Å². The number of amides is 4. The number of sulfonamides is 1. The van der Waals surface area contributed by atoms with Gasteiger partial charge in [0.05, 0.1) is 10.5 Å². The molecule has 1 aromatic carbocycles. The number of fused-ring (bicyclic) bond motifs is 3. The van der Waals surface area contributed by atoms with Gasteiger partial charge in [-0.3, -0.25) is 19.8 Å². The largest absolute Gasteiger partial charge is 0.351 e. The van der Waals surface area contributed by atoms with Crippen molar-refractivity contribution < 1.29 is 22.8 Å². The highest BCUT2D eigenvalue weighted by Crippen LogP contribution is 2.53. The second kappa shape index (κ2) is 10.2. The minimum Gasteiger partial charge on any atom is -0.351 e. The van der Waals surface area contributed by atoms with Crippen LogP contribution < -0.4 is 16.4 Å². The first-order valence-corrected chi connectivity index (χ1v) is 15.9. The highest BCUT2D eigenvalue weighted by atomic mass is 32.2. The number of nitrogens with one attached hydrogen (secondary N) is 2. The van der Waals surface area contributed by atoms with Gasteiger partial charge in [-0.1, -0.05) is 27.7 Å². The van der Waals surface area contributed by atoms with Crippen LogP contribution in [0.1, 0.15) is 78.1 Å². The molecule has 1 saturated heterocycles. The molecule has 40 heavy (non-hydrogen) atoms. The molecule has 12 heteroatoms. The first-order valence-electron chi connectivity index (χ1n) is 13.6. The lowest BCUT2D eigenvalue weighted by molar-refractivity contribution is 0.0965. The van der Waals surface area contributed by atoms with Gasteiger partial charge < -0.3 is 11.1 Å². The predicted molar refractivity (Wildman–Crippen MR) is 154 cm³/mol. The van der Waals surface area contributed by atoms with Crippen molar-refractivity contribution in [3.63, 3.8) is 0 Å². The summed E-state index contributed by atoms with van der Waals surface area (Å²) in [7, 11) is -3.72. The van der Waals surface area contributed by atoms with Crippen LogP contribution in [0.15, 0.2) is 29.2 Å². The SMILES string of the molecule is CCN1CCc2c(sc(NC(=O)c3ccc(S(=O)(=O)N4CC5(C)CC4CC(C)(C)C5)cc3)c2C(=O)NC(N)=O)C1. The van der Waals surface area contributed by atoms with Crippen molar-refractivity contribution in [2.75, 3.05) is 25.0 Å². The zero-order valence-electron chi connectivity index (χ0n) is 23.4. The van der Waals surface area contributed by atoms with E-state index in [4.69, 9.17) is 5.73 Å². The summed E-state index contributed by atoms with van der Waals surface area (Å²) >= 11 is 1.30. The molecule has 2 fully saturated rings. The number of carbonyl (C=O) groups is 3. The van der Waals surface area contributed by atoms with Crippen LogP contribution in [0, 0.1) is 10.8 Å². The van der Waals surface area contributed by atoms with Gasteiger partial charge in [0.2, 0.25) is 10.0 Å². The molecule has 1 saturated carbocycles. The lowest BCUT2D eigenvalue weighted by Crippen LogP contribution is -2.37. The Morgan fingerprint density at radius 2 is 1.80 bits per heavy atom. The number of likely N-dealkylation sites (N-methyl/N-ethyl adjacent to an activating group) is 1. The number of carbonyl (C=O) groups excluding carboxylic acids is 3.